The Labute approximate surface area is 147 Å². The van der Waals surface area contributed by atoms with Gasteiger partial charge in [-0.1, -0.05) is 36.4 Å². The van der Waals surface area contributed by atoms with Gasteiger partial charge in [-0.2, -0.15) is 0 Å². The Balaban J connectivity index is 1.60. The van der Waals surface area contributed by atoms with Crippen molar-refractivity contribution in [1.29, 1.82) is 0 Å². The summed E-state index contributed by atoms with van der Waals surface area (Å²) in [6.45, 7) is 0. The van der Waals surface area contributed by atoms with Crippen molar-refractivity contribution in [3.8, 4) is 0 Å². The van der Waals surface area contributed by atoms with Crippen LogP contribution in [-0.2, 0) is 17.6 Å². The molecule has 2 unspecified atom stereocenters. The summed E-state index contributed by atoms with van der Waals surface area (Å²) in [4.78, 5) is 24.0. The van der Waals surface area contributed by atoms with Crippen molar-refractivity contribution in [2.75, 3.05) is 7.05 Å². The first-order valence-electron chi connectivity index (χ1n) is 8.44. The Kier molecular flexibility index (Phi) is 5.14. The van der Waals surface area contributed by atoms with Crippen LogP contribution in [0, 0.1) is 0 Å². The molecule has 2 aromatic carbocycles. The van der Waals surface area contributed by atoms with E-state index in [2.05, 4.69) is 10.6 Å². The summed E-state index contributed by atoms with van der Waals surface area (Å²) in [7, 11) is 1.59. The molecule has 0 saturated carbocycles. The molecule has 25 heavy (non-hydrogen) atoms. The molecule has 0 radical (unpaired) electrons. The van der Waals surface area contributed by atoms with Gasteiger partial charge < -0.3 is 15.7 Å². The van der Waals surface area contributed by atoms with Gasteiger partial charge in [-0.3, -0.25) is 9.59 Å². The van der Waals surface area contributed by atoms with Gasteiger partial charge in [0.05, 0.1) is 12.1 Å². The van der Waals surface area contributed by atoms with E-state index in [1.54, 1.807) is 19.2 Å². The molecule has 3 rings (SSSR count). The van der Waals surface area contributed by atoms with Crippen molar-refractivity contribution < 1.29 is 14.7 Å². The summed E-state index contributed by atoms with van der Waals surface area (Å²) < 4.78 is 0. The number of carbonyl (C=O) groups excluding carboxylic acids is 2. The van der Waals surface area contributed by atoms with E-state index >= 15 is 0 Å². The molecule has 1 aliphatic carbocycles. The van der Waals surface area contributed by atoms with E-state index in [0.29, 0.717) is 24.8 Å². The molecule has 2 aromatic rings. The predicted molar refractivity (Wildman–Crippen MR) is 95.2 cm³/mol. The van der Waals surface area contributed by atoms with Crippen molar-refractivity contribution in [3.63, 3.8) is 0 Å². The average Bonchev–Trinajstić information content (AvgIpc) is 2.95. The number of hydrogen-bond acceptors (Lipinski definition) is 3. The highest BCUT2D eigenvalue weighted by Crippen LogP contribution is 2.31. The first kappa shape index (κ1) is 17.2. The van der Waals surface area contributed by atoms with Crippen LogP contribution in [0.25, 0.3) is 0 Å². The minimum Gasteiger partial charge on any atom is -0.390 e. The van der Waals surface area contributed by atoms with E-state index in [0.717, 1.165) is 16.7 Å². The lowest BCUT2D eigenvalue weighted by Gasteiger charge is -2.18. The van der Waals surface area contributed by atoms with Crippen molar-refractivity contribution in [1.82, 2.24) is 10.6 Å². The quantitative estimate of drug-likeness (QED) is 0.777. The van der Waals surface area contributed by atoms with Crippen molar-refractivity contribution >= 4 is 11.8 Å². The van der Waals surface area contributed by atoms with Crippen molar-refractivity contribution in [2.45, 2.75) is 31.4 Å². The van der Waals surface area contributed by atoms with Crippen LogP contribution in [0.1, 0.15) is 39.5 Å². The number of aliphatic hydroxyl groups is 1. The van der Waals surface area contributed by atoms with Crippen molar-refractivity contribution in [3.05, 3.63) is 70.8 Å². The van der Waals surface area contributed by atoms with Gasteiger partial charge in [-0.15, -0.1) is 0 Å². The molecule has 130 valence electrons. The van der Waals surface area contributed by atoms with Gasteiger partial charge in [0, 0.05) is 25.5 Å². The Hall–Kier alpha value is -2.66. The SMILES string of the molecule is CNC(=O)c1cccc(CCC(=O)NC2c3ccccc3CC2O)c1. The normalized spacial score (nSPS) is 18.5. The highest BCUT2D eigenvalue weighted by Gasteiger charge is 2.31. The smallest absolute Gasteiger partial charge is 0.251 e. The molecule has 2 atom stereocenters. The van der Waals surface area contributed by atoms with Crippen LogP contribution in [0.4, 0.5) is 0 Å². The zero-order chi connectivity index (χ0) is 17.8. The molecule has 1 aliphatic rings. The Morgan fingerprint density at radius 3 is 2.76 bits per heavy atom. The van der Waals surface area contributed by atoms with Crippen LogP contribution in [0.15, 0.2) is 48.5 Å². The molecule has 5 nitrogen and oxygen atoms in total. The third-order valence-electron chi connectivity index (χ3n) is 4.58. The standard InChI is InChI=1S/C20H22N2O3/c1-21-20(25)15-7-4-5-13(11-15)9-10-18(24)22-19-16-8-3-2-6-14(16)12-17(19)23/h2-8,11,17,19,23H,9-10,12H2,1H3,(H,21,25)(H,22,24). The fraction of sp³-hybridized carbons (Fsp3) is 0.300. The van der Waals surface area contributed by atoms with Crippen LogP contribution in [0.2, 0.25) is 0 Å². The largest absolute Gasteiger partial charge is 0.390 e. The lowest BCUT2D eigenvalue weighted by molar-refractivity contribution is -0.122. The van der Waals surface area contributed by atoms with E-state index in [-0.39, 0.29) is 17.9 Å². The number of aryl methyl sites for hydroxylation is 1. The van der Waals surface area contributed by atoms with E-state index in [1.807, 2.05) is 36.4 Å². The van der Waals surface area contributed by atoms with Crippen LogP contribution in [-0.4, -0.2) is 30.1 Å². The van der Waals surface area contributed by atoms with Crippen molar-refractivity contribution in [2.24, 2.45) is 0 Å². The maximum Gasteiger partial charge on any atom is 0.251 e. The highest BCUT2D eigenvalue weighted by molar-refractivity contribution is 5.94. The number of hydrogen-bond donors (Lipinski definition) is 3. The minimum absolute atomic E-state index is 0.105. The van der Waals surface area contributed by atoms with Gasteiger partial charge >= 0.3 is 0 Å². The van der Waals surface area contributed by atoms with Crippen LogP contribution in [0.3, 0.4) is 0 Å². The van der Waals surface area contributed by atoms with Gasteiger partial charge in [-0.25, -0.2) is 0 Å². The second-order valence-electron chi connectivity index (χ2n) is 6.29. The summed E-state index contributed by atoms with van der Waals surface area (Å²) >= 11 is 0. The number of benzene rings is 2. The fourth-order valence-corrected chi connectivity index (χ4v) is 3.26. The Morgan fingerprint density at radius 1 is 1.16 bits per heavy atom. The summed E-state index contributed by atoms with van der Waals surface area (Å²) in [5.74, 6) is -0.247. The molecule has 0 aliphatic heterocycles. The molecule has 0 fully saturated rings. The Morgan fingerprint density at radius 2 is 1.96 bits per heavy atom. The molecule has 0 spiro atoms. The maximum absolute atomic E-state index is 12.3. The minimum atomic E-state index is -0.585. The first-order chi connectivity index (χ1) is 12.1. The van der Waals surface area contributed by atoms with Crippen LogP contribution < -0.4 is 10.6 Å². The van der Waals surface area contributed by atoms with Gasteiger partial charge in [0.2, 0.25) is 5.91 Å². The summed E-state index contributed by atoms with van der Waals surface area (Å²) in [5, 5.41) is 15.7. The number of nitrogens with one attached hydrogen (secondary N) is 2. The van der Waals surface area contributed by atoms with Gasteiger partial charge in [0.25, 0.3) is 5.91 Å². The predicted octanol–water partition coefficient (Wildman–Crippen LogP) is 1.75. The second-order valence-corrected chi connectivity index (χ2v) is 6.29. The third-order valence-corrected chi connectivity index (χ3v) is 4.58. The summed E-state index contributed by atoms with van der Waals surface area (Å²) in [5.41, 5.74) is 3.59. The molecule has 0 saturated heterocycles. The van der Waals surface area contributed by atoms with Gasteiger partial charge in [-0.05, 0) is 35.2 Å². The topological polar surface area (TPSA) is 78.4 Å². The summed E-state index contributed by atoms with van der Waals surface area (Å²) in [6, 6.07) is 14.7. The molecular weight excluding hydrogens is 316 g/mol. The van der Waals surface area contributed by atoms with Crippen LogP contribution >= 0.6 is 0 Å². The number of fused-ring (bicyclic) bond motifs is 1. The lowest BCUT2D eigenvalue weighted by Crippen LogP contribution is -2.34. The van der Waals surface area contributed by atoms with E-state index in [4.69, 9.17) is 0 Å². The lowest BCUT2D eigenvalue weighted by atomic mass is 10.0. The zero-order valence-corrected chi connectivity index (χ0v) is 14.2. The number of aliphatic hydroxyl groups excluding tert-OH is 1. The van der Waals surface area contributed by atoms with E-state index in [9.17, 15) is 14.7 Å². The van der Waals surface area contributed by atoms with Crippen LogP contribution in [0.5, 0.6) is 0 Å². The molecule has 3 N–H and O–H groups in total. The Bertz CT molecular complexity index is 788. The number of carbonyl (C=O) groups is 2. The van der Waals surface area contributed by atoms with Gasteiger partial charge in [0.15, 0.2) is 0 Å². The second kappa shape index (κ2) is 7.49. The molecule has 5 heteroatoms. The number of amides is 2. The molecule has 0 aromatic heterocycles. The fourth-order valence-electron chi connectivity index (χ4n) is 3.26. The molecule has 0 bridgehead atoms. The summed E-state index contributed by atoms with van der Waals surface area (Å²) in [6.07, 6.45) is 0.830. The van der Waals surface area contributed by atoms with Gasteiger partial charge in [0.1, 0.15) is 0 Å². The third kappa shape index (κ3) is 3.88. The molecular formula is C20H22N2O3. The average molecular weight is 338 g/mol. The van der Waals surface area contributed by atoms with E-state index in [1.165, 1.54) is 0 Å². The number of rotatable bonds is 5. The monoisotopic (exact) mass is 338 g/mol. The zero-order valence-electron chi connectivity index (χ0n) is 14.2. The first-order valence-corrected chi connectivity index (χ1v) is 8.44. The van der Waals surface area contributed by atoms with E-state index < -0.39 is 6.10 Å². The maximum atomic E-state index is 12.3. The highest BCUT2D eigenvalue weighted by atomic mass is 16.3. The molecule has 2 amide bonds. The molecule has 0 heterocycles.